The fraction of sp³-hybridized carbons (Fsp3) is 0.419. The topological polar surface area (TPSA) is 113 Å². The Bertz CT molecular complexity index is 1550. The number of carbonyl (C=O) groups is 1. The van der Waals surface area contributed by atoms with Gasteiger partial charge in [0.2, 0.25) is 11.9 Å². The number of aromatic nitrogens is 4. The molecule has 1 amide bonds. The molecule has 43 heavy (non-hydrogen) atoms. The van der Waals surface area contributed by atoms with Gasteiger partial charge in [-0.1, -0.05) is 0 Å². The molecule has 0 saturated carbocycles. The van der Waals surface area contributed by atoms with Gasteiger partial charge in [0.05, 0.1) is 32.8 Å². The number of likely N-dealkylation sites (tertiary alicyclic amines) is 1. The molecule has 12 heteroatoms. The van der Waals surface area contributed by atoms with Crippen LogP contribution in [0.1, 0.15) is 12.8 Å². The van der Waals surface area contributed by atoms with Gasteiger partial charge in [-0.15, -0.1) is 0 Å². The monoisotopic (exact) mass is 583 g/mol. The maximum Gasteiger partial charge on any atom is 0.231 e. The highest BCUT2D eigenvalue weighted by atomic mass is 16.5. The highest BCUT2D eigenvalue weighted by molar-refractivity contribution is 5.87. The maximum absolute atomic E-state index is 12.2. The van der Waals surface area contributed by atoms with Crippen LogP contribution in [0.2, 0.25) is 0 Å². The highest BCUT2D eigenvalue weighted by Crippen LogP contribution is 2.28. The number of carbonyl (C=O) groups excluding carboxylic acids is 1. The maximum atomic E-state index is 12.2. The van der Waals surface area contributed by atoms with E-state index in [1.807, 2.05) is 21.6 Å². The van der Waals surface area contributed by atoms with Crippen LogP contribution in [0.3, 0.4) is 0 Å². The van der Waals surface area contributed by atoms with E-state index in [0.29, 0.717) is 42.4 Å². The molecule has 5 heterocycles. The van der Waals surface area contributed by atoms with E-state index in [0.717, 1.165) is 76.9 Å². The molecule has 0 radical (unpaired) electrons. The summed E-state index contributed by atoms with van der Waals surface area (Å²) in [6, 6.07) is 16.7. The van der Waals surface area contributed by atoms with E-state index in [-0.39, 0.29) is 5.91 Å². The number of morpholine rings is 2. The van der Waals surface area contributed by atoms with Crippen LogP contribution in [0, 0.1) is 0 Å². The molecule has 4 aromatic rings. The van der Waals surface area contributed by atoms with Crippen molar-refractivity contribution >= 4 is 51.6 Å². The number of amides is 1. The predicted octanol–water partition coefficient (Wildman–Crippen LogP) is 3.61. The Balaban J connectivity index is 1.15. The molecular weight excluding hydrogens is 546 g/mol. The minimum Gasteiger partial charge on any atom is -0.378 e. The third-order valence-electron chi connectivity index (χ3n) is 8.25. The number of nitrogens with zero attached hydrogens (tertiary/aromatic N) is 7. The van der Waals surface area contributed by atoms with Gasteiger partial charge in [0.1, 0.15) is 0 Å². The molecule has 0 aliphatic carbocycles. The van der Waals surface area contributed by atoms with Crippen molar-refractivity contribution in [2.24, 2.45) is 0 Å². The molecule has 12 nitrogen and oxygen atoms in total. The smallest absolute Gasteiger partial charge is 0.231 e. The zero-order valence-corrected chi connectivity index (χ0v) is 24.2. The molecule has 2 N–H and O–H groups in total. The molecule has 224 valence electrons. The standard InChI is InChI=1S/C31H37N9O3/c41-27-2-1-11-39(27)12-13-40-22-32-28-29(33-23-3-7-25(8-4-23)37-14-18-42-19-15-37)35-31(36-30(28)40)34-24-5-9-26(10-6-24)38-16-20-43-21-17-38/h3-10,22H,1-2,11-21H2,(H2,33,34,35,36). The van der Waals surface area contributed by atoms with Crippen molar-refractivity contribution in [1.29, 1.82) is 0 Å². The van der Waals surface area contributed by atoms with Crippen molar-refractivity contribution in [2.45, 2.75) is 19.4 Å². The molecule has 3 aliphatic rings. The van der Waals surface area contributed by atoms with Gasteiger partial charge in [-0.2, -0.15) is 9.97 Å². The lowest BCUT2D eigenvalue weighted by atomic mass is 10.2. The van der Waals surface area contributed by atoms with Gasteiger partial charge in [0, 0.05) is 75.0 Å². The van der Waals surface area contributed by atoms with Crippen LogP contribution >= 0.6 is 0 Å². The van der Waals surface area contributed by atoms with E-state index < -0.39 is 0 Å². The molecule has 2 aromatic carbocycles. The third kappa shape index (κ3) is 6.20. The Hall–Kier alpha value is -4.42. The number of benzene rings is 2. The lowest BCUT2D eigenvalue weighted by molar-refractivity contribution is -0.127. The Labute approximate surface area is 250 Å². The summed E-state index contributed by atoms with van der Waals surface area (Å²) in [5.74, 6) is 1.30. The van der Waals surface area contributed by atoms with Crippen molar-refractivity contribution < 1.29 is 14.3 Å². The van der Waals surface area contributed by atoms with Crippen LogP contribution in [0.15, 0.2) is 54.9 Å². The predicted molar refractivity (Wildman–Crippen MR) is 167 cm³/mol. The van der Waals surface area contributed by atoms with Gasteiger partial charge in [-0.25, -0.2) is 4.98 Å². The van der Waals surface area contributed by atoms with Crippen LogP contribution in [-0.4, -0.2) is 96.0 Å². The van der Waals surface area contributed by atoms with Crippen molar-refractivity contribution in [2.75, 3.05) is 86.1 Å². The third-order valence-corrected chi connectivity index (χ3v) is 8.25. The second-order valence-corrected chi connectivity index (χ2v) is 11.0. The molecule has 7 rings (SSSR count). The number of anilines is 6. The molecule has 0 spiro atoms. The summed E-state index contributed by atoms with van der Waals surface area (Å²) in [5.41, 5.74) is 5.54. The van der Waals surface area contributed by atoms with Gasteiger partial charge in [-0.05, 0) is 55.0 Å². The molecule has 3 fully saturated rings. The second kappa shape index (κ2) is 12.4. The first-order chi connectivity index (χ1) is 21.2. The Morgan fingerprint density at radius 2 is 1.33 bits per heavy atom. The average molecular weight is 584 g/mol. The number of imidazole rings is 1. The van der Waals surface area contributed by atoms with Gasteiger partial charge in [0.25, 0.3) is 0 Å². The molecular formula is C31H37N9O3. The number of fused-ring (bicyclic) bond motifs is 1. The molecule has 3 aliphatic heterocycles. The number of ether oxygens (including phenoxy) is 2. The van der Waals surface area contributed by atoms with Crippen LogP contribution in [0.5, 0.6) is 0 Å². The minimum atomic E-state index is 0.213. The van der Waals surface area contributed by atoms with Crippen molar-refractivity contribution in [3.63, 3.8) is 0 Å². The van der Waals surface area contributed by atoms with E-state index in [1.54, 1.807) is 6.33 Å². The summed E-state index contributed by atoms with van der Waals surface area (Å²) in [6.45, 7) is 8.61. The van der Waals surface area contributed by atoms with Crippen molar-refractivity contribution in [3.8, 4) is 0 Å². The minimum absolute atomic E-state index is 0.213. The SMILES string of the molecule is O=C1CCCN1CCn1cnc2c(Nc3ccc(N4CCOCC4)cc3)nc(Nc3ccc(N4CCOCC4)cc3)nc21. The Kier molecular flexibility index (Phi) is 7.93. The summed E-state index contributed by atoms with van der Waals surface area (Å²) in [5, 5.41) is 6.88. The summed E-state index contributed by atoms with van der Waals surface area (Å²) in [7, 11) is 0. The van der Waals surface area contributed by atoms with Crippen LogP contribution < -0.4 is 20.4 Å². The molecule has 0 bridgehead atoms. The van der Waals surface area contributed by atoms with Gasteiger partial charge in [0.15, 0.2) is 17.0 Å². The van der Waals surface area contributed by atoms with Gasteiger partial charge < -0.3 is 39.4 Å². The van der Waals surface area contributed by atoms with Crippen LogP contribution in [0.4, 0.5) is 34.5 Å². The van der Waals surface area contributed by atoms with Gasteiger partial charge >= 0.3 is 0 Å². The molecule has 2 aromatic heterocycles. The number of rotatable bonds is 9. The van der Waals surface area contributed by atoms with E-state index >= 15 is 0 Å². The van der Waals surface area contributed by atoms with E-state index in [9.17, 15) is 4.79 Å². The summed E-state index contributed by atoms with van der Waals surface area (Å²) < 4.78 is 13.0. The zero-order valence-electron chi connectivity index (χ0n) is 24.2. The zero-order chi connectivity index (χ0) is 29.0. The quantitative estimate of drug-likeness (QED) is 0.303. The summed E-state index contributed by atoms with van der Waals surface area (Å²) in [4.78, 5) is 33.2. The van der Waals surface area contributed by atoms with E-state index in [4.69, 9.17) is 19.4 Å². The Morgan fingerprint density at radius 1 is 0.721 bits per heavy atom. The van der Waals surface area contributed by atoms with Crippen molar-refractivity contribution in [1.82, 2.24) is 24.4 Å². The van der Waals surface area contributed by atoms with Crippen LogP contribution in [0.25, 0.3) is 11.2 Å². The first-order valence-corrected chi connectivity index (χ1v) is 15.1. The number of nitrogens with one attached hydrogen (secondary N) is 2. The first kappa shape index (κ1) is 27.4. The molecule has 3 saturated heterocycles. The van der Waals surface area contributed by atoms with Crippen LogP contribution in [-0.2, 0) is 20.8 Å². The lowest BCUT2D eigenvalue weighted by Crippen LogP contribution is -2.36. The lowest BCUT2D eigenvalue weighted by Gasteiger charge is -2.29. The molecule has 0 unspecified atom stereocenters. The highest BCUT2D eigenvalue weighted by Gasteiger charge is 2.21. The second-order valence-electron chi connectivity index (χ2n) is 11.0. The Morgan fingerprint density at radius 3 is 1.91 bits per heavy atom. The normalized spacial score (nSPS) is 17.6. The summed E-state index contributed by atoms with van der Waals surface area (Å²) in [6.07, 6.45) is 3.33. The van der Waals surface area contributed by atoms with E-state index in [2.05, 4.69) is 61.8 Å². The number of hydrogen-bond acceptors (Lipinski definition) is 10. The summed E-state index contributed by atoms with van der Waals surface area (Å²) >= 11 is 0. The van der Waals surface area contributed by atoms with E-state index in [1.165, 1.54) is 11.4 Å². The molecule has 0 atom stereocenters. The van der Waals surface area contributed by atoms with Gasteiger partial charge in [-0.3, -0.25) is 4.79 Å². The number of hydrogen-bond donors (Lipinski definition) is 2. The fourth-order valence-electron chi connectivity index (χ4n) is 5.84. The fourth-order valence-corrected chi connectivity index (χ4v) is 5.84. The average Bonchev–Trinajstić information content (AvgIpc) is 3.67. The first-order valence-electron chi connectivity index (χ1n) is 15.1. The van der Waals surface area contributed by atoms with Crippen molar-refractivity contribution in [3.05, 3.63) is 54.9 Å². The largest absolute Gasteiger partial charge is 0.378 e.